The number of piperazine rings is 1. The number of hydrogen-bond donors (Lipinski definition) is 1. The van der Waals surface area contributed by atoms with Gasteiger partial charge < -0.3 is 14.8 Å². The zero-order valence-electron chi connectivity index (χ0n) is 11.3. The third-order valence-corrected chi connectivity index (χ3v) is 3.50. The van der Waals surface area contributed by atoms with Gasteiger partial charge in [0.25, 0.3) is 5.91 Å². The molecule has 0 aliphatic carbocycles. The lowest BCUT2D eigenvalue weighted by Crippen LogP contribution is -2.63. The molecule has 0 atom stereocenters. The Labute approximate surface area is 111 Å². The second kappa shape index (κ2) is 4.53. The van der Waals surface area contributed by atoms with Crippen LogP contribution in [0.4, 0.5) is 0 Å². The molecule has 1 aromatic heterocycles. The SMILES string of the molecule is CN1CCN(C(=O)c2c[nH]ccc2=O)C(C)(C)C1=O. The number of rotatable bonds is 1. The molecule has 1 aliphatic rings. The highest BCUT2D eigenvalue weighted by Crippen LogP contribution is 2.23. The Bertz CT molecular complexity index is 576. The maximum Gasteiger partial charge on any atom is 0.260 e. The van der Waals surface area contributed by atoms with Gasteiger partial charge in [-0.25, -0.2) is 0 Å². The second-order valence-corrected chi connectivity index (χ2v) is 5.16. The lowest BCUT2D eigenvalue weighted by molar-refractivity contribution is -0.144. The van der Waals surface area contributed by atoms with Gasteiger partial charge in [-0.1, -0.05) is 0 Å². The van der Waals surface area contributed by atoms with Gasteiger partial charge in [-0.3, -0.25) is 14.4 Å². The highest BCUT2D eigenvalue weighted by atomic mass is 16.2. The van der Waals surface area contributed by atoms with Crippen LogP contribution in [-0.2, 0) is 4.79 Å². The molecular weight excluding hydrogens is 246 g/mol. The summed E-state index contributed by atoms with van der Waals surface area (Å²) in [5, 5.41) is 0. The standard InChI is InChI=1S/C13H17N3O3/c1-13(2)12(19)15(3)6-7-16(13)11(18)9-8-14-5-4-10(9)17/h4-5,8H,6-7H2,1-3H3,(H,14,17). The van der Waals surface area contributed by atoms with Crippen molar-refractivity contribution in [3.63, 3.8) is 0 Å². The summed E-state index contributed by atoms with van der Waals surface area (Å²) in [5.74, 6) is -0.534. The van der Waals surface area contributed by atoms with Gasteiger partial charge in [-0.05, 0) is 13.8 Å². The van der Waals surface area contributed by atoms with Crippen LogP contribution in [0.15, 0.2) is 23.3 Å². The Morgan fingerprint density at radius 3 is 2.63 bits per heavy atom. The molecule has 2 amide bonds. The number of pyridine rings is 1. The summed E-state index contributed by atoms with van der Waals surface area (Å²) in [6.07, 6.45) is 2.85. The minimum atomic E-state index is -0.938. The molecule has 1 N–H and O–H groups in total. The van der Waals surface area contributed by atoms with Gasteiger partial charge in [-0.15, -0.1) is 0 Å². The van der Waals surface area contributed by atoms with Gasteiger partial charge in [0.2, 0.25) is 5.91 Å². The van der Waals surface area contributed by atoms with Crippen molar-refractivity contribution < 1.29 is 9.59 Å². The minimum absolute atomic E-state index is 0.0629. The summed E-state index contributed by atoms with van der Waals surface area (Å²) in [6.45, 7) is 4.28. The van der Waals surface area contributed by atoms with E-state index in [1.807, 2.05) is 0 Å². The summed E-state index contributed by atoms with van der Waals surface area (Å²) in [6, 6.07) is 1.30. The average Bonchev–Trinajstić information content (AvgIpc) is 2.36. The van der Waals surface area contributed by atoms with Crippen molar-refractivity contribution in [3.05, 3.63) is 34.2 Å². The molecule has 2 heterocycles. The molecule has 1 aromatic rings. The number of carbonyl (C=O) groups excluding carboxylic acids is 2. The lowest BCUT2D eigenvalue weighted by Gasteiger charge is -2.44. The third kappa shape index (κ3) is 2.14. The Hall–Kier alpha value is -2.11. The fourth-order valence-electron chi connectivity index (χ4n) is 2.30. The van der Waals surface area contributed by atoms with Gasteiger partial charge in [0, 0.05) is 38.6 Å². The van der Waals surface area contributed by atoms with Gasteiger partial charge >= 0.3 is 0 Å². The summed E-state index contributed by atoms with van der Waals surface area (Å²) in [7, 11) is 1.71. The average molecular weight is 263 g/mol. The van der Waals surface area contributed by atoms with E-state index in [0.29, 0.717) is 13.1 Å². The van der Waals surface area contributed by atoms with Crippen LogP contribution in [0.5, 0.6) is 0 Å². The molecule has 0 aromatic carbocycles. The Balaban J connectivity index is 2.37. The quantitative estimate of drug-likeness (QED) is 0.779. The zero-order chi connectivity index (χ0) is 14.2. The summed E-state index contributed by atoms with van der Waals surface area (Å²) in [4.78, 5) is 42.0. The van der Waals surface area contributed by atoms with E-state index in [2.05, 4.69) is 4.98 Å². The van der Waals surface area contributed by atoms with E-state index in [1.165, 1.54) is 23.4 Å². The number of likely N-dealkylation sites (N-methyl/N-ethyl adjacent to an activating group) is 1. The second-order valence-electron chi connectivity index (χ2n) is 5.16. The van der Waals surface area contributed by atoms with Gasteiger partial charge in [-0.2, -0.15) is 0 Å². The molecular formula is C13H17N3O3. The lowest BCUT2D eigenvalue weighted by atomic mass is 9.96. The molecule has 0 radical (unpaired) electrons. The van der Waals surface area contributed by atoms with Crippen molar-refractivity contribution in [2.45, 2.75) is 19.4 Å². The van der Waals surface area contributed by atoms with Crippen molar-refractivity contribution in [1.29, 1.82) is 0 Å². The predicted octanol–water partition coefficient (Wildman–Crippen LogP) is 0.0677. The number of nitrogens with zero attached hydrogens (tertiary/aromatic N) is 2. The first-order valence-electron chi connectivity index (χ1n) is 6.10. The molecule has 2 rings (SSSR count). The predicted molar refractivity (Wildman–Crippen MR) is 69.8 cm³/mol. The van der Waals surface area contributed by atoms with Gasteiger partial charge in [0.05, 0.1) is 0 Å². The first-order chi connectivity index (χ1) is 8.85. The number of nitrogens with one attached hydrogen (secondary N) is 1. The molecule has 0 spiro atoms. The van der Waals surface area contributed by atoms with Crippen LogP contribution in [0.3, 0.4) is 0 Å². The molecule has 1 aliphatic heterocycles. The Morgan fingerprint density at radius 1 is 1.32 bits per heavy atom. The van der Waals surface area contributed by atoms with Crippen LogP contribution in [0, 0.1) is 0 Å². The molecule has 6 heteroatoms. The summed E-state index contributed by atoms with van der Waals surface area (Å²) >= 11 is 0. The number of hydrogen-bond acceptors (Lipinski definition) is 3. The van der Waals surface area contributed by atoms with Crippen LogP contribution in [0.2, 0.25) is 0 Å². The van der Waals surface area contributed by atoms with Gasteiger partial charge in [0.1, 0.15) is 11.1 Å². The molecule has 0 bridgehead atoms. The summed E-state index contributed by atoms with van der Waals surface area (Å²) < 4.78 is 0. The van der Waals surface area contributed by atoms with Crippen molar-refractivity contribution in [1.82, 2.24) is 14.8 Å². The van der Waals surface area contributed by atoms with E-state index >= 15 is 0 Å². The molecule has 0 unspecified atom stereocenters. The number of carbonyl (C=O) groups is 2. The Morgan fingerprint density at radius 2 is 2.00 bits per heavy atom. The van der Waals surface area contributed by atoms with E-state index < -0.39 is 11.4 Å². The number of amides is 2. The first kappa shape index (κ1) is 13.3. The molecule has 102 valence electrons. The summed E-state index contributed by atoms with van der Waals surface area (Å²) in [5.41, 5.74) is -1.22. The third-order valence-electron chi connectivity index (χ3n) is 3.50. The number of aromatic nitrogens is 1. The maximum absolute atomic E-state index is 12.4. The molecule has 1 fully saturated rings. The largest absolute Gasteiger partial charge is 0.367 e. The molecule has 0 saturated carbocycles. The van der Waals surface area contributed by atoms with E-state index in [9.17, 15) is 14.4 Å². The van der Waals surface area contributed by atoms with Crippen LogP contribution >= 0.6 is 0 Å². The maximum atomic E-state index is 12.4. The number of aromatic amines is 1. The van der Waals surface area contributed by atoms with E-state index in [-0.39, 0.29) is 16.9 Å². The van der Waals surface area contributed by atoms with Crippen LogP contribution in [-0.4, -0.2) is 52.3 Å². The van der Waals surface area contributed by atoms with E-state index in [4.69, 9.17) is 0 Å². The van der Waals surface area contributed by atoms with Crippen LogP contribution < -0.4 is 5.43 Å². The smallest absolute Gasteiger partial charge is 0.260 e. The van der Waals surface area contributed by atoms with E-state index in [1.54, 1.807) is 25.8 Å². The monoisotopic (exact) mass is 263 g/mol. The van der Waals surface area contributed by atoms with Crippen molar-refractivity contribution in [2.24, 2.45) is 0 Å². The Kier molecular flexibility index (Phi) is 3.18. The molecule has 1 saturated heterocycles. The number of H-pyrrole nitrogens is 1. The van der Waals surface area contributed by atoms with Gasteiger partial charge in [0.15, 0.2) is 5.43 Å². The normalized spacial score (nSPS) is 18.6. The fourth-order valence-corrected chi connectivity index (χ4v) is 2.30. The van der Waals surface area contributed by atoms with Crippen molar-refractivity contribution in [2.75, 3.05) is 20.1 Å². The first-order valence-corrected chi connectivity index (χ1v) is 6.10. The van der Waals surface area contributed by atoms with Crippen molar-refractivity contribution >= 4 is 11.8 Å². The topological polar surface area (TPSA) is 73.5 Å². The minimum Gasteiger partial charge on any atom is -0.367 e. The van der Waals surface area contributed by atoms with Crippen LogP contribution in [0.1, 0.15) is 24.2 Å². The molecule has 6 nitrogen and oxygen atoms in total. The van der Waals surface area contributed by atoms with Crippen molar-refractivity contribution in [3.8, 4) is 0 Å². The zero-order valence-corrected chi connectivity index (χ0v) is 11.3. The van der Waals surface area contributed by atoms with Crippen LogP contribution in [0.25, 0.3) is 0 Å². The highest BCUT2D eigenvalue weighted by molar-refractivity contribution is 5.99. The molecule has 19 heavy (non-hydrogen) atoms. The van der Waals surface area contributed by atoms with E-state index in [0.717, 1.165) is 0 Å². The highest BCUT2D eigenvalue weighted by Gasteiger charge is 2.43. The fraction of sp³-hybridized carbons (Fsp3) is 0.462.